The quantitative estimate of drug-likeness (QED) is 0.521. The van der Waals surface area contributed by atoms with Gasteiger partial charge in [-0.2, -0.15) is 0 Å². The standard InChI is InChI=1S/C20H21BrN2O2S/c1-14-7-9-16(10-8-14)26(24,25)23-13-18(15-5-3-2-4-6-15)17-12-22-20(21)11-19(17)23/h7-13,15H,2-6H2,1H3. The monoisotopic (exact) mass is 432 g/mol. The van der Waals surface area contributed by atoms with Crippen LogP contribution in [0.25, 0.3) is 10.9 Å². The van der Waals surface area contributed by atoms with E-state index in [-0.39, 0.29) is 0 Å². The number of hydrogen-bond acceptors (Lipinski definition) is 3. The van der Waals surface area contributed by atoms with Crippen LogP contribution in [0.4, 0.5) is 0 Å². The Balaban J connectivity index is 1.91. The van der Waals surface area contributed by atoms with Crippen molar-refractivity contribution in [2.45, 2.75) is 49.8 Å². The third-order valence-electron chi connectivity index (χ3n) is 5.28. The SMILES string of the molecule is Cc1ccc(S(=O)(=O)n2cc(C3CCCCC3)c3cnc(Br)cc32)cc1. The summed E-state index contributed by atoms with van der Waals surface area (Å²) in [6.45, 7) is 1.95. The summed E-state index contributed by atoms with van der Waals surface area (Å²) in [6.07, 6.45) is 9.51. The molecule has 1 aromatic carbocycles. The number of fused-ring (bicyclic) bond motifs is 1. The number of halogens is 1. The van der Waals surface area contributed by atoms with Crippen LogP contribution in [-0.2, 0) is 10.0 Å². The fourth-order valence-electron chi connectivity index (χ4n) is 3.85. The van der Waals surface area contributed by atoms with Gasteiger partial charge in [0, 0.05) is 17.8 Å². The van der Waals surface area contributed by atoms with Crippen molar-refractivity contribution in [1.29, 1.82) is 0 Å². The first-order chi connectivity index (χ1) is 12.5. The van der Waals surface area contributed by atoms with Gasteiger partial charge in [0.05, 0.1) is 10.4 Å². The van der Waals surface area contributed by atoms with E-state index in [9.17, 15) is 8.42 Å². The van der Waals surface area contributed by atoms with Crippen molar-refractivity contribution >= 4 is 36.9 Å². The molecule has 0 radical (unpaired) electrons. The second-order valence-corrected chi connectivity index (χ2v) is 9.68. The summed E-state index contributed by atoms with van der Waals surface area (Å²) < 4.78 is 28.7. The highest BCUT2D eigenvalue weighted by Gasteiger charge is 2.26. The second kappa shape index (κ2) is 6.82. The Morgan fingerprint density at radius 1 is 1.12 bits per heavy atom. The molecule has 1 saturated carbocycles. The molecule has 0 aliphatic heterocycles. The van der Waals surface area contributed by atoms with E-state index >= 15 is 0 Å². The van der Waals surface area contributed by atoms with Gasteiger partial charge in [-0.1, -0.05) is 37.0 Å². The first-order valence-electron chi connectivity index (χ1n) is 8.95. The first kappa shape index (κ1) is 17.7. The second-order valence-electron chi connectivity index (χ2n) is 7.06. The van der Waals surface area contributed by atoms with E-state index in [1.807, 2.05) is 25.3 Å². The summed E-state index contributed by atoms with van der Waals surface area (Å²) in [4.78, 5) is 4.66. The summed E-state index contributed by atoms with van der Waals surface area (Å²) in [5, 5.41) is 0.941. The molecule has 0 spiro atoms. The van der Waals surface area contributed by atoms with Crippen molar-refractivity contribution in [3.63, 3.8) is 0 Å². The van der Waals surface area contributed by atoms with Crippen LogP contribution in [0, 0.1) is 6.92 Å². The first-order valence-corrected chi connectivity index (χ1v) is 11.2. The van der Waals surface area contributed by atoms with Gasteiger partial charge in [-0.05, 0) is 65.4 Å². The highest BCUT2D eigenvalue weighted by atomic mass is 79.9. The molecule has 26 heavy (non-hydrogen) atoms. The van der Waals surface area contributed by atoms with Crippen LogP contribution in [0.3, 0.4) is 0 Å². The average molecular weight is 433 g/mol. The fraction of sp³-hybridized carbons (Fsp3) is 0.350. The summed E-state index contributed by atoms with van der Waals surface area (Å²) in [5.41, 5.74) is 2.83. The molecule has 3 aromatic rings. The zero-order chi connectivity index (χ0) is 18.3. The zero-order valence-corrected chi connectivity index (χ0v) is 17.1. The van der Waals surface area contributed by atoms with E-state index in [1.54, 1.807) is 24.4 Å². The van der Waals surface area contributed by atoms with Gasteiger partial charge >= 0.3 is 0 Å². The van der Waals surface area contributed by atoms with Crippen LogP contribution in [0.2, 0.25) is 0 Å². The van der Waals surface area contributed by atoms with E-state index in [1.165, 1.54) is 23.2 Å². The van der Waals surface area contributed by atoms with E-state index in [0.29, 0.717) is 20.9 Å². The molecule has 0 saturated heterocycles. The Kier molecular flexibility index (Phi) is 4.65. The molecule has 2 heterocycles. The maximum atomic E-state index is 13.3. The lowest BCUT2D eigenvalue weighted by Gasteiger charge is -2.21. The lowest BCUT2D eigenvalue weighted by atomic mass is 9.84. The molecule has 1 aliphatic rings. The van der Waals surface area contributed by atoms with Gasteiger partial charge in [0.15, 0.2) is 0 Å². The van der Waals surface area contributed by atoms with Gasteiger partial charge in [0.25, 0.3) is 10.0 Å². The number of pyridine rings is 1. The van der Waals surface area contributed by atoms with Crippen molar-refractivity contribution in [2.75, 3.05) is 0 Å². The van der Waals surface area contributed by atoms with Crippen LogP contribution in [0.5, 0.6) is 0 Å². The highest BCUT2D eigenvalue weighted by Crippen LogP contribution is 2.38. The summed E-state index contributed by atoms with van der Waals surface area (Å²) in [7, 11) is -3.65. The maximum Gasteiger partial charge on any atom is 0.268 e. The Bertz CT molecular complexity index is 1050. The number of aromatic nitrogens is 2. The minimum Gasteiger partial charge on any atom is -0.249 e. The summed E-state index contributed by atoms with van der Waals surface area (Å²) >= 11 is 3.39. The lowest BCUT2D eigenvalue weighted by molar-refractivity contribution is 0.445. The highest BCUT2D eigenvalue weighted by molar-refractivity contribution is 9.10. The third kappa shape index (κ3) is 3.09. The number of benzene rings is 1. The van der Waals surface area contributed by atoms with Crippen molar-refractivity contribution in [3.05, 3.63) is 58.5 Å². The van der Waals surface area contributed by atoms with Crippen molar-refractivity contribution in [2.24, 2.45) is 0 Å². The molecule has 0 bridgehead atoms. The molecular formula is C20H21BrN2O2S. The molecule has 136 valence electrons. The molecule has 4 rings (SSSR count). The van der Waals surface area contributed by atoms with Gasteiger partial charge in [0.2, 0.25) is 0 Å². The Morgan fingerprint density at radius 2 is 1.81 bits per heavy atom. The Morgan fingerprint density at radius 3 is 2.50 bits per heavy atom. The van der Waals surface area contributed by atoms with Crippen molar-refractivity contribution in [1.82, 2.24) is 8.96 Å². The molecule has 1 aliphatic carbocycles. The number of rotatable bonds is 3. The maximum absolute atomic E-state index is 13.3. The number of aryl methyl sites for hydroxylation is 1. The summed E-state index contributed by atoms with van der Waals surface area (Å²) in [6, 6.07) is 8.81. The molecule has 0 N–H and O–H groups in total. The average Bonchev–Trinajstić information content (AvgIpc) is 3.02. The normalized spacial score (nSPS) is 16.2. The van der Waals surface area contributed by atoms with Gasteiger partial charge in [-0.3, -0.25) is 0 Å². The van der Waals surface area contributed by atoms with E-state index < -0.39 is 10.0 Å². The predicted octanol–water partition coefficient (Wildman–Crippen LogP) is 5.39. The molecule has 4 nitrogen and oxygen atoms in total. The minimum atomic E-state index is -3.65. The fourth-order valence-corrected chi connectivity index (χ4v) is 5.54. The lowest BCUT2D eigenvalue weighted by Crippen LogP contribution is -2.12. The van der Waals surface area contributed by atoms with Gasteiger partial charge in [-0.25, -0.2) is 17.4 Å². The van der Waals surface area contributed by atoms with Crippen LogP contribution < -0.4 is 0 Å². The molecule has 6 heteroatoms. The topological polar surface area (TPSA) is 52.0 Å². The van der Waals surface area contributed by atoms with Gasteiger partial charge in [0.1, 0.15) is 4.60 Å². The van der Waals surface area contributed by atoms with Crippen LogP contribution >= 0.6 is 15.9 Å². The molecule has 1 fully saturated rings. The smallest absolute Gasteiger partial charge is 0.249 e. The van der Waals surface area contributed by atoms with Crippen LogP contribution in [0.1, 0.15) is 49.1 Å². The number of hydrogen-bond donors (Lipinski definition) is 0. The van der Waals surface area contributed by atoms with Crippen molar-refractivity contribution in [3.8, 4) is 0 Å². The minimum absolute atomic E-state index is 0.308. The van der Waals surface area contributed by atoms with E-state index in [0.717, 1.165) is 29.4 Å². The van der Waals surface area contributed by atoms with Gasteiger partial charge < -0.3 is 0 Å². The molecule has 0 atom stereocenters. The molecule has 0 unspecified atom stereocenters. The largest absolute Gasteiger partial charge is 0.268 e. The predicted molar refractivity (Wildman–Crippen MR) is 107 cm³/mol. The molecule has 0 amide bonds. The zero-order valence-electron chi connectivity index (χ0n) is 14.7. The van der Waals surface area contributed by atoms with Crippen LogP contribution in [0.15, 0.2) is 52.2 Å². The molecular weight excluding hydrogens is 412 g/mol. The van der Waals surface area contributed by atoms with E-state index in [4.69, 9.17) is 0 Å². The third-order valence-corrected chi connectivity index (χ3v) is 7.40. The Hall–Kier alpha value is -1.66. The van der Waals surface area contributed by atoms with Crippen molar-refractivity contribution < 1.29 is 8.42 Å². The van der Waals surface area contributed by atoms with Gasteiger partial charge in [-0.15, -0.1) is 0 Å². The molecule has 2 aromatic heterocycles. The van der Waals surface area contributed by atoms with Crippen LogP contribution in [-0.4, -0.2) is 17.4 Å². The summed E-state index contributed by atoms with van der Waals surface area (Å²) in [5.74, 6) is 0.406. The Labute approximate surface area is 162 Å². The number of nitrogens with zero attached hydrogens (tertiary/aromatic N) is 2. The van der Waals surface area contributed by atoms with E-state index in [2.05, 4.69) is 20.9 Å².